The SMILES string of the molecule is O=C1Nc2ccc(Cl)cc2[C@@](CC2CC2)(C(F)(F)F)O1. The zero-order valence-corrected chi connectivity index (χ0v) is 11.0. The lowest BCUT2D eigenvalue weighted by atomic mass is 9.85. The molecular weight excluding hydrogens is 295 g/mol. The smallest absolute Gasteiger partial charge is 0.428 e. The van der Waals surface area contributed by atoms with Crippen molar-refractivity contribution in [3.63, 3.8) is 0 Å². The number of benzene rings is 1. The van der Waals surface area contributed by atoms with Crippen molar-refractivity contribution < 1.29 is 22.7 Å². The van der Waals surface area contributed by atoms with Crippen molar-refractivity contribution in [1.82, 2.24) is 0 Å². The average Bonchev–Trinajstić information content (AvgIpc) is 3.12. The second-order valence-electron chi connectivity index (χ2n) is 5.18. The summed E-state index contributed by atoms with van der Waals surface area (Å²) < 4.78 is 45.6. The Bertz CT molecular complexity index is 571. The lowest BCUT2D eigenvalue weighted by Crippen LogP contribution is -2.50. The molecule has 1 aromatic rings. The van der Waals surface area contributed by atoms with Gasteiger partial charge in [0.25, 0.3) is 0 Å². The number of hydrogen-bond acceptors (Lipinski definition) is 2. The van der Waals surface area contributed by atoms with Crippen LogP contribution >= 0.6 is 11.6 Å². The Labute approximate surface area is 118 Å². The molecule has 0 unspecified atom stereocenters. The van der Waals surface area contributed by atoms with Gasteiger partial charge in [0.1, 0.15) is 0 Å². The zero-order chi connectivity index (χ0) is 14.5. The highest BCUT2D eigenvalue weighted by molar-refractivity contribution is 6.30. The summed E-state index contributed by atoms with van der Waals surface area (Å²) in [6.07, 6.45) is -4.58. The van der Waals surface area contributed by atoms with E-state index in [-0.39, 0.29) is 28.6 Å². The normalized spacial score (nSPS) is 25.7. The summed E-state index contributed by atoms with van der Waals surface area (Å²) in [7, 11) is 0. The van der Waals surface area contributed by atoms with Gasteiger partial charge in [-0.05, 0) is 24.1 Å². The van der Waals surface area contributed by atoms with Crippen LogP contribution in [0.15, 0.2) is 18.2 Å². The van der Waals surface area contributed by atoms with Gasteiger partial charge in [-0.25, -0.2) is 4.79 Å². The van der Waals surface area contributed by atoms with Crippen LogP contribution in [-0.2, 0) is 10.3 Å². The number of fused-ring (bicyclic) bond motifs is 1. The molecule has 0 spiro atoms. The fraction of sp³-hybridized carbons (Fsp3) is 0.462. The lowest BCUT2D eigenvalue weighted by Gasteiger charge is -2.39. The van der Waals surface area contributed by atoms with Crippen molar-refractivity contribution in [1.29, 1.82) is 0 Å². The number of hydrogen-bond donors (Lipinski definition) is 1. The molecule has 1 amide bonds. The monoisotopic (exact) mass is 305 g/mol. The zero-order valence-electron chi connectivity index (χ0n) is 10.3. The number of cyclic esters (lactones) is 1. The molecule has 3 nitrogen and oxygen atoms in total. The second kappa shape index (κ2) is 4.28. The molecule has 1 aromatic carbocycles. The van der Waals surface area contributed by atoms with Crippen LogP contribution in [0.3, 0.4) is 0 Å². The predicted molar refractivity (Wildman–Crippen MR) is 66.6 cm³/mol. The summed E-state index contributed by atoms with van der Waals surface area (Å²) in [6, 6.07) is 4.02. The Hall–Kier alpha value is -1.43. The third-order valence-electron chi connectivity index (χ3n) is 3.65. The number of ether oxygens (including phenoxy) is 1. The van der Waals surface area contributed by atoms with Gasteiger partial charge in [-0.15, -0.1) is 0 Å². The van der Waals surface area contributed by atoms with Crippen molar-refractivity contribution in [3.8, 4) is 0 Å². The second-order valence-corrected chi connectivity index (χ2v) is 5.61. The van der Waals surface area contributed by atoms with Crippen LogP contribution < -0.4 is 5.32 Å². The van der Waals surface area contributed by atoms with Crippen molar-refractivity contribution in [2.75, 3.05) is 5.32 Å². The number of alkyl halides is 3. The number of rotatable bonds is 2. The quantitative estimate of drug-likeness (QED) is 0.876. The minimum absolute atomic E-state index is 0.0747. The molecule has 0 bridgehead atoms. The first-order valence-corrected chi connectivity index (χ1v) is 6.56. The number of anilines is 1. The molecule has 2 aliphatic rings. The predicted octanol–water partition coefficient (Wildman–Crippen LogP) is 4.46. The molecule has 3 rings (SSSR count). The van der Waals surface area contributed by atoms with Gasteiger partial charge in [0.2, 0.25) is 5.60 Å². The van der Waals surface area contributed by atoms with Gasteiger partial charge in [-0.1, -0.05) is 24.4 Å². The van der Waals surface area contributed by atoms with Crippen LogP contribution in [-0.4, -0.2) is 12.3 Å². The van der Waals surface area contributed by atoms with Crippen LogP contribution in [0.4, 0.5) is 23.7 Å². The van der Waals surface area contributed by atoms with Crippen LogP contribution in [0.1, 0.15) is 24.8 Å². The summed E-state index contributed by atoms with van der Waals surface area (Å²) >= 11 is 5.81. The highest BCUT2D eigenvalue weighted by Crippen LogP contribution is 2.54. The largest absolute Gasteiger partial charge is 0.432 e. The van der Waals surface area contributed by atoms with E-state index in [0.29, 0.717) is 0 Å². The topological polar surface area (TPSA) is 38.3 Å². The van der Waals surface area contributed by atoms with E-state index in [0.717, 1.165) is 12.8 Å². The molecule has 0 radical (unpaired) electrons. The minimum Gasteiger partial charge on any atom is -0.428 e. The molecule has 108 valence electrons. The van der Waals surface area contributed by atoms with Gasteiger partial charge in [-0.2, -0.15) is 13.2 Å². The number of nitrogens with one attached hydrogen (secondary N) is 1. The molecule has 1 heterocycles. The number of halogens is 4. The van der Waals surface area contributed by atoms with Gasteiger partial charge < -0.3 is 4.74 Å². The fourth-order valence-corrected chi connectivity index (χ4v) is 2.69. The van der Waals surface area contributed by atoms with Gasteiger partial charge in [-0.3, -0.25) is 5.32 Å². The maximum atomic E-state index is 13.6. The molecule has 1 saturated carbocycles. The molecular formula is C13H11ClF3NO2. The van der Waals surface area contributed by atoms with E-state index in [9.17, 15) is 18.0 Å². The third kappa shape index (κ3) is 2.12. The highest BCUT2D eigenvalue weighted by atomic mass is 35.5. The molecule has 1 fully saturated rings. The minimum atomic E-state index is -4.69. The van der Waals surface area contributed by atoms with Crippen LogP contribution in [0.25, 0.3) is 0 Å². The van der Waals surface area contributed by atoms with E-state index in [1.54, 1.807) is 0 Å². The molecule has 20 heavy (non-hydrogen) atoms. The molecule has 1 atom stereocenters. The van der Waals surface area contributed by atoms with Crippen molar-refractivity contribution in [2.45, 2.75) is 31.0 Å². The average molecular weight is 306 g/mol. The van der Waals surface area contributed by atoms with Crippen molar-refractivity contribution in [2.24, 2.45) is 5.92 Å². The Morgan fingerprint density at radius 2 is 2.10 bits per heavy atom. The molecule has 1 N–H and O–H groups in total. The van der Waals surface area contributed by atoms with E-state index in [4.69, 9.17) is 16.3 Å². The van der Waals surface area contributed by atoms with Crippen LogP contribution in [0.2, 0.25) is 5.02 Å². The Kier molecular flexibility index (Phi) is 2.90. The summed E-state index contributed by atoms with van der Waals surface area (Å²) in [5.41, 5.74) is -2.62. The molecule has 0 saturated heterocycles. The first-order chi connectivity index (χ1) is 9.32. The van der Waals surface area contributed by atoms with Crippen molar-refractivity contribution >= 4 is 23.4 Å². The van der Waals surface area contributed by atoms with E-state index >= 15 is 0 Å². The van der Waals surface area contributed by atoms with Crippen molar-refractivity contribution in [3.05, 3.63) is 28.8 Å². The van der Waals surface area contributed by atoms with Crippen LogP contribution in [0, 0.1) is 5.92 Å². The fourth-order valence-electron chi connectivity index (χ4n) is 2.51. The van der Waals surface area contributed by atoms with Crippen LogP contribution in [0.5, 0.6) is 0 Å². The molecule has 7 heteroatoms. The standard InChI is InChI=1S/C13H11ClF3NO2/c14-8-3-4-10-9(5-8)12(13(15,16)17,6-7-1-2-7)20-11(19)18-10/h3-5,7H,1-2,6H2,(H,18,19)/t12-/m0/s1. The van der Waals surface area contributed by atoms with Gasteiger partial charge >= 0.3 is 12.3 Å². The Morgan fingerprint density at radius 1 is 1.40 bits per heavy atom. The summed E-state index contributed by atoms with van der Waals surface area (Å²) in [5.74, 6) is -0.0747. The Morgan fingerprint density at radius 3 is 2.70 bits per heavy atom. The van der Waals surface area contributed by atoms with E-state index in [1.807, 2.05) is 0 Å². The Balaban J connectivity index is 2.17. The number of carbonyl (C=O) groups excluding carboxylic acids is 1. The van der Waals surface area contributed by atoms with Gasteiger partial charge in [0.05, 0.1) is 5.69 Å². The number of amides is 1. The number of carbonyl (C=O) groups is 1. The van der Waals surface area contributed by atoms with E-state index in [1.165, 1.54) is 18.2 Å². The van der Waals surface area contributed by atoms with Gasteiger partial charge in [0.15, 0.2) is 0 Å². The highest BCUT2D eigenvalue weighted by Gasteiger charge is 2.63. The molecule has 0 aromatic heterocycles. The maximum Gasteiger partial charge on any atom is 0.432 e. The third-order valence-corrected chi connectivity index (χ3v) is 3.89. The van der Waals surface area contributed by atoms with E-state index in [2.05, 4.69) is 5.32 Å². The first kappa shape index (κ1) is 13.5. The summed E-state index contributed by atoms with van der Waals surface area (Å²) in [6.45, 7) is 0. The molecule has 1 aliphatic carbocycles. The molecule has 1 aliphatic heterocycles. The van der Waals surface area contributed by atoms with Gasteiger partial charge in [0, 0.05) is 17.0 Å². The first-order valence-electron chi connectivity index (χ1n) is 6.18. The lowest BCUT2D eigenvalue weighted by molar-refractivity contribution is -0.268. The maximum absolute atomic E-state index is 13.6. The van der Waals surface area contributed by atoms with E-state index < -0.39 is 17.9 Å². The summed E-state index contributed by atoms with van der Waals surface area (Å²) in [5, 5.41) is 2.46. The summed E-state index contributed by atoms with van der Waals surface area (Å²) in [4.78, 5) is 11.5.